The lowest BCUT2D eigenvalue weighted by atomic mass is 9.75. The van der Waals surface area contributed by atoms with E-state index in [1.807, 2.05) is 11.9 Å². The fourth-order valence-corrected chi connectivity index (χ4v) is 2.44. The molecule has 3 heteroatoms. The lowest BCUT2D eigenvalue weighted by Gasteiger charge is -2.39. The molecule has 0 bridgehead atoms. The number of hydrogen-bond donors (Lipinski definition) is 1. The van der Waals surface area contributed by atoms with Gasteiger partial charge in [0, 0.05) is 18.6 Å². The average Bonchev–Trinajstić information content (AvgIpc) is 2.24. The van der Waals surface area contributed by atoms with E-state index in [0.717, 1.165) is 12.8 Å². The predicted octanol–water partition coefficient (Wildman–Crippen LogP) is 2.80. The van der Waals surface area contributed by atoms with Crippen molar-refractivity contribution in [3.05, 3.63) is 0 Å². The van der Waals surface area contributed by atoms with Crippen LogP contribution in [0.25, 0.3) is 0 Å². The van der Waals surface area contributed by atoms with Crippen LogP contribution in [0.4, 0.5) is 0 Å². The molecule has 0 aromatic heterocycles. The normalized spacial score (nSPS) is 20.8. The van der Waals surface area contributed by atoms with Gasteiger partial charge in [0.25, 0.3) is 0 Å². The molecule has 0 saturated heterocycles. The van der Waals surface area contributed by atoms with Crippen molar-refractivity contribution in [1.29, 1.82) is 0 Å². The van der Waals surface area contributed by atoms with Crippen molar-refractivity contribution < 1.29 is 4.79 Å². The highest BCUT2D eigenvalue weighted by Crippen LogP contribution is 2.36. The Labute approximate surface area is 112 Å². The van der Waals surface area contributed by atoms with Gasteiger partial charge in [-0.05, 0) is 51.9 Å². The molecular formula is C15H30N2O. The second-order valence-corrected chi connectivity index (χ2v) is 7.50. The Hall–Kier alpha value is -0.570. The summed E-state index contributed by atoms with van der Waals surface area (Å²) in [6, 6.07) is 0.437. The molecule has 0 atom stereocenters. The number of carbonyl (C=O) groups excluding carboxylic acids is 1. The number of hydrogen-bond acceptors (Lipinski definition) is 2. The Balaban J connectivity index is 2.40. The third-order valence-electron chi connectivity index (χ3n) is 4.02. The van der Waals surface area contributed by atoms with Crippen molar-refractivity contribution in [3.63, 3.8) is 0 Å². The summed E-state index contributed by atoms with van der Waals surface area (Å²) >= 11 is 0. The van der Waals surface area contributed by atoms with Crippen molar-refractivity contribution in [3.8, 4) is 0 Å². The zero-order valence-electron chi connectivity index (χ0n) is 13.0. The third kappa shape index (κ3) is 4.97. The largest absolute Gasteiger partial charge is 0.342 e. The SMILES string of the molecule is CN(C(=O)CNC(C)(C)C)C1CCC(C)(C)CC1. The molecule has 1 fully saturated rings. The summed E-state index contributed by atoms with van der Waals surface area (Å²) in [5, 5.41) is 3.27. The molecule has 106 valence electrons. The number of nitrogens with zero attached hydrogens (tertiary/aromatic N) is 1. The lowest BCUT2D eigenvalue weighted by molar-refractivity contribution is -0.132. The zero-order chi connectivity index (χ0) is 14.0. The molecule has 0 heterocycles. The summed E-state index contributed by atoms with van der Waals surface area (Å²) in [5.74, 6) is 0.217. The molecule has 0 aliphatic heterocycles. The fraction of sp³-hybridized carbons (Fsp3) is 0.933. The van der Waals surface area contributed by atoms with Crippen molar-refractivity contribution in [2.24, 2.45) is 5.41 Å². The highest BCUT2D eigenvalue weighted by molar-refractivity contribution is 5.78. The zero-order valence-corrected chi connectivity index (χ0v) is 13.0. The monoisotopic (exact) mass is 254 g/mol. The quantitative estimate of drug-likeness (QED) is 0.840. The summed E-state index contributed by atoms with van der Waals surface area (Å²) in [7, 11) is 1.95. The Bertz CT molecular complexity index is 281. The first kappa shape index (κ1) is 15.5. The molecule has 1 saturated carbocycles. The third-order valence-corrected chi connectivity index (χ3v) is 4.02. The number of carbonyl (C=O) groups is 1. The van der Waals surface area contributed by atoms with Gasteiger partial charge in [-0.3, -0.25) is 4.79 Å². The standard InChI is InChI=1S/C15H30N2O/c1-14(2,3)16-11-13(18)17(6)12-7-9-15(4,5)10-8-12/h12,16H,7-11H2,1-6H3. The molecule has 0 radical (unpaired) electrons. The molecule has 1 aliphatic rings. The van der Waals surface area contributed by atoms with Crippen LogP contribution < -0.4 is 5.32 Å². The van der Waals surface area contributed by atoms with Gasteiger partial charge in [0.1, 0.15) is 0 Å². The molecule has 18 heavy (non-hydrogen) atoms. The van der Waals surface area contributed by atoms with Gasteiger partial charge in [0.15, 0.2) is 0 Å². The molecule has 0 aromatic rings. The van der Waals surface area contributed by atoms with Crippen LogP contribution in [-0.2, 0) is 4.79 Å². The number of likely N-dealkylation sites (N-methyl/N-ethyl adjacent to an activating group) is 1. The van der Waals surface area contributed by atoms with E-state index in [0.29, 0.717) is 18.0 Å². The summed E-state index contributed by atoms with van der Waals surface area (Å²) in [6.45, 7) is 11.4. The number of amides is 1. The molecule has 0 spiro atoms. The van der Waals surface area contributed by atoms with Gasteiger partial charge in [-0.25, -0.2) is 0 Å². The van der Waals surface area contributed by atoms with Gasteiger partial charge in [-0.1, -0.05) is 13.8 Å². The topological polar surface area (TPSA) is 32.3 Å². The van der Waals surface area contributed by atoms with Crippen LogP contribution in [0.1, 0.15) is 60.3 Å². The lowest BCUT2D eigenvalue weighted by Crippen LogP contribution is -2.47. The predicted molar refractivity (Wildman–Crippen MR) is 76.6 cm³/mol. The molecule has 1 aliphatic carbocycles. The van der Waals surface area contributed by atoms with Crippen molar-refractivity contribution in [2.45, 2.75) is 71.9 Å². The minimum atomic E-state index is 0.00502. The minimum absolute atomic E-state index is 0.00502. The molecule has 1 N–H and O–H groups in total. The van der Waals surface area contributed by atoms with Crippen LogP contribution >= 0.6 is 0 Å². The molecular weight excluding hydrogens is 224 g/mol. The number of rotatable bonds is 3. The van der Waals surface area contributed by atoms with E-state index in [4.69, 9.17) is 0 Å². The van der Waals surface area contributed by atoms with E-state index >= 15 is 0 Å². The van der Waals surface area contributed by atoms with Gasteiger partial charge < -0.3 is 10.2 Å². The first-order valence-corrected chi connectivity index (χ1v) is 7.11. The van der Waals surface area contributed by atoms with Crippen LogP contribution in [0.5, 0.6) is 0 Å². The van der Waals surface area contributed by atoms with E-state index in [-0.39, 0.29) is 11.4 Å². The Kier molecular flexibility index (Phi) is 4.82. The first-order valence-electron chi connectivity index (χ1n) is 7.11. The van der Waals surface area contributed by atoms with Gasteiger partial charge in [-0.15, -0.1) is 0 Å². The van der Waals surface area contributed by atoms with Crippen LogP contribution in [0.15, 0.2) is 0 Å². The van der Waals surface area contributed by atoms with Crippen molar-refractivity contribution >= 4 is 5.91 Å². The first-order chi connectivity index (χ1) is 8.11. The summed E-state index contributed by atoms with van der Waals surface area (Å²) < 4.78 is 0. The van der Waals surface area contributed by atoms with Crippen LogP contribution in [0.2, 0.25) is 0 Å². The Morgan fingerprint density at radius 3 is 2.22 bits per heavy atom. The summed E-state index contributed by atoms with van der Waals surface area (Å²) in [6.07, 6.45) is 4.74. The van der Waals surface area contributed by atoms with Gasteiger partial charge in [0.2, 0.25) is 5.91 Å². The molecule has 3 nitrogen and oxygen atoms in total. The van der Waals surface area contributed by atoms with Crippen molar-refractivity contribution in [1.82, 2.24) is 10.2 Å². The van der Waals surface area contributed by atoms with Crippen LogP contribution in [0.3, 0.4) is 0 Å². The van der Waals surface area contributed by atoms with Crippen LogP contribution in [-0.4, -0.2) is 36.0 Å². The maximum Gasteiger partial charge on any atom is 0.236 e. The minimum Gasteiger partial charge on any atom is -0.342 e. The molecule has 0 unspecified atom stereocenters. The summed E-state index contributed by atoms with van der Waals surface area (Å²) in [5.41, 5.74) is 0.467. The fourth-order valence-electron chi connectivity index (χ4n) is 2.44. The van der Waals surface area contributed by atoms with Crippen LogP contribution in [0, 0.1) is 5.41 Å². The molecule has 0 aromatic carbocycles. The van der Waals surface area contributed by atoms with E-state index < -0.39 is 0 Å². The highest BCUT2D eigenvalue weighted by Gasteiger charge is 2.30. The van der Waals surface area contributed by atoms with Crippen molar-refractivity contribution in [2.75, 3.05) is 13.6 Å². The smallest absolute Gasteiger partial charge is 0.236 e. The maximum atomic E-state index is 12.1. The average molecular weight is 254 g/mol. The van der Waals surface area contributed by atoms with E-state index in [1.54, 1.807) is 0 Å². The van der Waals surface area contributed by atoms with E-state index in [9.17, 15) is 4.79 Å². The van der Waals surface area contributed by atoms with Gasteiger partial charge in [-0.2, -0.15) is 0 Å². The number of nitrogens with one attached hydrogen (secondary N) is 1. The van der Waals surface area contributed by atoms with Gasteiger partial charge >= 0.3 is 0 Å². The second-order valence-electron chi connectivity index (χ2n) is 7.50. The molecule has 1 amide bonds. The Morgan fingerprint density at radius 2 is 1.78 bits per heavy atom. The second kappa shape index (κ2) is 5.60. The van der Waals surface area contributed by atoms with Gasteiger partial charge in [0.05, 0.1) is 6.54 Å². The Morgan fingerprint density at radius 1 is 1.28 bits per heavy atom. The van der Waals surface area contributed by atoms with E-state index in [1.165, 1.54) is 12.8 Å². The molecule has 1 rings (SSSR count). The maximum absolute atomic E-state index is 12.1. The summed E-state index contributed by atoms with van der Waals surface area (Å²) in [4.78, 5) is 14.1. The highest BCUT2D eigenvalue weighted by atomic mass is 16.2. The van der Waals surface area contributed by atoms with E-state index in [2.05, 4.69) is 39.9 Å².